The van der Waals surface area contributed by atoms with Crippen molar-refractivity contribution in [2.24, 2.45) is 0 Å². The molecule has 2 aromatic rings. The molecular formula is C14H18N4O4S. The lowest BCUT2D eigenvalue weighted by Gasteiger charge is -2.04. The van der Waals surface area contributed by atoms with E-state index in [2.05, 4.69) is 15.6 Å². The van der Waals surface area contributed by atoms with Gasteiger partial charge in [-0.2, -0.15) is 0 Å². The minimum atomic E-state index is -0.463. The van der Waals surface area contributed by atoms with E-state index in [0.717, 1.165) is 25.7 Å². The second-order valence-electron chi connectivity index (χ2n) is 4.95. The number of nitrogens with zero attached hydrogens (tertiary/aromatic N) is 2. The number of rotatable bonds is 8. The van der Waals surface area contributed by atoms with Crippen LogP contribution >= 0.6 is 11.3 Å². The molecule has 0 aliphatic rings. The first-order chi connectivity index (χ1) is 11.1. The van der Waals surface area contributed by atoms with E-state index >= 15 is 0 Å². The molecule has 3 N–H and O–H groups in total. The van der Waals surface area contributed by atoms with Crippen LogP contribution in [0, 0.1) is 10.1 Å². The van der Waals surface area contributed by atoms with E-state index < -0.39 is 4.92 Å². The number of benzene rings is 1. The molecule has 0 saturated carbocycles. The average Bonchev–Trinajstić information content (AvgIpc) is 2.91. The number of hydrogen-bond acceptors (Lipinski definition) is 6. The zero-order chi connectivity index (χ0) is 16.7. The summed E-state index contributed by atoms with van der Waals surface area (Å²) in [5.74, 6) is 0. The van der Waals surface area contributed by atoms with E-state index in [1.807, 2.05) is 0 Å². The largest absolute Gasteiger partial charge is 0.396 e. The van der Waals surface area contributed by atoms with Crippen molar-refractivity contribution in [3.05, 3.63) is 28.3 Å². The van der Waals surface area contributed by atoms with Crippen LogP contribution in [0.4, 0.5) is 15.6 Å². The number of hydrogen-bond donors (Lipinski definition) is 3. The van der Waals surface area contributed by atoms with Gasteiger partial charge in [-0.3, -0.25) is 15.4 Å². The summed E-state index contributed by atoms with van der Waals surface area (Å²) in [6.07, 6.45) is 3.52. The van der Waals surface area contributed by atoms with Gasteiger partial charge in [-0.1, -0.05) is 24.2 Å². The molecule has 124 valence electrons. The predicted molar refractivity (Wildman–Crippen MR) is 88.8 cm³/mol. The third kappa shape index (κ3) is 5.15. The van der Waals surface area contributed by atoms with Crippen LogP contribution < -0.4 is 10.6 Å². The summed E-state index contributed by atoms with van der Waals surface area (Å²) in [4.78, 5) is 26.2. The highest BCUT2D eigenvalue weighted by atomic mass is 32.1. The Morgan fingerprint density at radius 3 is 2.83 bits per heavy atom. The van der Waals surface area contributed by atoms with Gasteiger partial charge < -0.3 is 10.4 Å². The molecule has 0 atom stereocenters. The molecule has 1 heterocycles. The molecule has 1 aromatic heterocycles. The number of fused-ring (bicyclic) bond motifs is 1. The number of unbranched alkanes of at least 4 members (excludes halogenated alkanes) is 3. The summed E-state index contributed by atoms with van der Waals surface area (Å²) in [6, 6.07) is 4.05. The van der Waals surface area contributed by atoms with Gasteiger partial charge in [-0.05, 0) is 18.9 Å². The molecule has 8 nitrogen and oxygen atoms in total. The van der Waals surface area contributed by atoms with Gasteiger partial charge >= 0.3 is 6.03 Å². The molecule has 0 saturated heterocycles. The minimum Gasteiger partial charge on any atom is -0.396 e. The van der Waals surface area contributed by atoms with Crippen molar-refractivity contribution in [2.75, 3.05) is 18.5 Å². The first-order valence-corrected chi connectivity index (χ1v) is 8.12. The van der Waals surface area contributed by atoms with E-state index in [-0.39, 0.29) is 18.3 Å². The fourth-order valence-corrected chi connectivity index (χ4v) is 2.91. The first kappa shape index (κ1) is 17.1. The molecule has 0 bridgehead atoms. The summed E-state index contributed by atoms with van der Waals surface area (Å²) in [7, 11) is 0. The second-order valence-corrected chi connectivity index (χ2v) is 5.98. The Morgan fingerprint density at radius 2 is 2.09 bits per heavy atom. The average molecular weight is 338 g/mol. The van der Waals surface area contributed by atoms with E-state index in [4.69, 9.17) is 5.11 Å². The molecule has 0 radical (unpaired) electrons. The molecule has 0 fully saturated rings. The van der Waals surface area contributed by atoms with Crippen molar-refractivity contribution in [2.45, 2.75) is 25.7 Å². The number of carbonyl (C=O) groups is 1. The molecule has 0 aliphatic carbocycles. The zero-order valence-corrected chi connectivity index (χ0v) is 13.3. The van der Waals surface area contributed by atoms with E-state index in [0.29, 0.717) is 21.9 Å². The standard InChI is InChI=1S/C14H18N4O4S/c19-8-4-2-1-3-7-15-13(20)17-14-16-11-6-5-10(18(21)22)9-12(11)23-14/h5-6,9,19H,1-4,7-8H2,(H2,15,16,17,20). The lowest BCUT2D eigenvalue weighted by Crippen LogP contribution is -2.29. The van der Waals surface area contributed by atoms with Crippen molar-refractivity contribution in [1.82, 2.24) is 10.3 Å². The molecular weight excluding hydrogens is 320 g/mol. The first-order valence-electron chi connectivity index (χ1n) is 7.31. The van der Waals surface area contributed by atoms with E-state index in [1.165, 1.54) is 23.5 Å². The van der Waals surface area contributed by atoms with E-state index in [1.54, 1.807) is 6.07 Å². The summed E-state index contributed by atoms with van der Waals surface area (Å²) in [5, 5.41) is 25.2. The number of aliphatic hydroxyl groups is 1. The van der Waals surface area contributed by atoms with Gasteiger partial charge in [0.1, 0.15) is 0 Å². The number of aromatic nitrogens is 1. The van der Waals surface area contributed by atoms with Crippen LogP contribution in [0.5, 0.6) is 0 Å². The van der Waals surface area contributed by atoms with Gasteiger partial charge in [0, 0.05) is 25.3 Å². The number of non-ortho nitro benzene ring substituents is 1. The molecule has 2 rings (SSSR count). The maximum atomic E-state index is 11.7. The van der Waals surface area contributed by atoms with Crippen LogP contribution in [0.15, 0.2) is 18.2 Å². The third-order valence-corrected chi connectivity index (χ3v) is 4.11. The number of urea groups is 1. The topological polar surface area (TPSA) is 117 Å². The van der Waals surface area contributed by atoms with Crippen molar-refractivity contribution >= 4 is 38.4 Å². The Hall–Kier alpha value is -2.26. The van der Waals surface area contributed by atoms with Gasteiger partial charge in [0.15, 0.2) is 5.13 Å². The van der Waals surface area contributed by atoms with Gasteiger partial charge in [-0.15, -0.1) is 0 Å². The monoisotopic (exact) mass is 338 g/mol. The normalized spacial score (nSPS) is 10.7. The third-order valence-electron chi connectivity index (χ3n) is 3.17. The summed E-state index contributed by atoms with van der Waals surface area (Å²) in [6.45, 7) is 0.747. The second kappa shape index (κ2) is 8.39. The highest BCUT2D eigenvalue weighted by molar-refractivity contribution is 7.22. The number of anilines is 1. The molecule has 9 heteroatoms. The minimum absolute atomic E-state index is 0.0000285. The molecule has 1 aromatic carbocycles. The van der Waals surface area contributed by atoms with Gasteiger partial charge in [-0.25, -0.2) is 9.78 Å². The van der Waals surface area contributed by atoms with Crippen LogP contribution in [0.1, 0.15) is 25.7 Å². The Labute approximate surface area is 136 Å². The van der Waals surface area contributed by atoms with Crippen LogP contribution in [0.25, 0.3) is 10.2 Å². The van der Waals surface area contributed by atoms with Gasteiger partial charge in [0.05, 0.1) is 15.1 Å². The number of thiazole rings is 1. The number of nitro groups is 1. The lowest BCUT2D eigenvalue weighted by atomic mass is 10.2. The van der Waals surface area contributed by atoms with Gasteiger partial charge in [0.25, 0.3) is 5.69 Å². The maximum Gasteiger partial charge on any atom is 0.321 e. The fraction of sp³-hybridized carbons (Fsp3) is 0.429. The Balaban J connectivity index is 1.84. The van der Waals surface area contributed by atoms with Crippen molar-refractivity contribution < 1.29 is 14.8 Å². The smallest absolute Gasteiger partial charge is 0.321 e. The number of nitro benzene ring substituents is 1. The van der Waals surface area contributed by atoms with E-state index in [9.17, 15) is 14.9 Å². The molecule has 0 spiro atoms. The molecule has 2 amide bonds. The molecule has 0 aliphatic heterocycles. The number of carbonyl (C=O) groups excluding carboxylic acids is 1. The summed E-state index contributed by atoms with van der Waals surface area (Å²) >= 11 is 1.19. The van der Waals surface area contributed by atoms with Crippen LogP contribution in [-0.4, -0.2) is 34.2 Å². The van der Waals surface area contributed by atoms with Crippen molar-refractivity contribution in [1.29, 1.82) is 0 Å². The Bertz CT molecular complexity index is 688. The Morgan fingerprint density at radius 1 is 1.30 bits per heavy atom. The van der Waals surface area contributed by atoms with Crippen LogP contribution in [0.2, 0.25) is 0 Å². The highest BCUT2D eigenvalue weighted by Gasteiger charge is 2.11. The predicted octanol–water partition coefficient (Wildman–Crippen LogP) is 2.88. The van der Waals surface area contributed by atoms with Crippen molar-refractivity contribution in [3.63, 3.8) is 0 Å². The molecule has 23 heavy (non-hydrogen) atoms. The number of amides is 2. The Kier molecular flexibility index (Phi) is 6.24. The van der Waals surface area contributed by atoms with Crippen molar-refractivity contribution in [3.8, 4) is 0 Å². The fourth-order valence-electron chi connectivity index (χ4n) is 2.01. The SMILES string of the molecule is O=C(NCCCCCCO)Nc1nc2ccc([N+](=O)[O-])cc2s1. The molecule has 0 unspecified atom stereocenters. The quantitative estimate of drug-likeness (QED) is 0.388. The summed E-state index contributed by atoms with van der Waals surface area (Å²) < 4.78 is 0.651. The highest BCUT2D eigenvalue weighted by Crippen LogP contribution is 2.28. The van der Waals surface area contributed by atoms with Gasteiger partial charge in [0.2, 0.25) is 0 Å². The number of nitrogens with one attached hydrogen (secondary N) is 2. The lowest BCUT2D eigenvalue weighted by molar-refractivity contribution is -0.384. The maximum absolute atomic E-state index is 11.7. The zero-order valence-electron chi connectivity index (χ0n) is 12.4. The van der Waals surface area contributed by atoms with Crippen LogP contribution in [0.3, 0.4) is 0 Å². The summed E-state index contributed by atoms with van der Waals surface area (Å²) in [5.41, 5.74) is 0.611. The van der Waals surface area contributed by atoms with Crippen LogP contribution in [-0.2, 0) is 0 Å². The number of aliphatic hydroxyl groups excluding tert-OH is 1.